The van der Waals surface area contributed by atoms with Gasteiger partial charge in [0.25, 0.3) is 0 Å². The largest absolute Gasteiger partial charge is 0.508 e. The minimum absolute atomic E-state index is 0.0373. The lowest BCUT2D eigenvalue weighted by Crippen LogP contribution is -2.57. The van der Waals surface area contributed by atoms with Crippen LogP contribution in [0.1, 0.15) is 17.5 Å². The van der Waals surface area contributed by atoms with Gasteiger partial charge in [0.1, 0.15) is 23.9 Å². The normalized spacial score (nSPS) is 13.2. The molecule has 0 saturated carbocycles. The molecule has 11 heteroatoms. The molecule has 0 aliphatic rings. The van der Waals surface area contributed by atoms with Gasteiger partial charge in [-0.15, -0.1) is 0 Å². The highest BCUT2D eigenvalue weighted by molar-refractivity contribution is 7.98. The van der Waals surface area contributed by atoms with Crippen LogP contribution in [0.3, 0.4) is 0 Å². The summed E-state index contributed by atoms with van der Waals surface area (Å²) in [4.78, 5) is 50.0. The Morgan fingerprint density at radius 1 is 0.833 bits per heavy atom. The summed E-state index contributed by atoms with van der Waals surface area (Å²) in [6, 6.07) is 11.7. The maximum atomic E-state index is 13.2. The number of carbonyl (C=O) groups excluding carboxylic acids is 3. The molecule has 0 radical (unpaired) electrons. The molecule has 3 amide bonds. The van der Waals surface area contributed by atoms with Crippen LogP contribution in [0.25, 0.3) is 0 Å². The third-order valence-electron chi connectivity index (χ3n) is 5.35. The second-order valence-corrected chi connectivity index (χ2v) is 9.11. The molecule has 2 aromatic carbocycles. The van der Waals surface area contributed by atoms with E-state index in [2.05, 4.69) is 16.0 Å². The van der Waals surface area contributed by atoms with E-state index in [1.54, 1.807) is 42.5 Å². The average molecular weight is 517 g/mol. The Balaban J connectivity index is 2.23. The van der Waals surface area contributed by atoms with Crippen LogP contribution < -0.4 is 21.7 Å². The predicted molar refractivity (Wildman–Crippen MR) is 137 cm³/mol. The van der Waals surface area contributed by atoms with E-state index in [1.807, 2.05) is 6.26 Å². The molecule has 0 aliphatic heterocycles. The monoisotopic (exact) mass is 516 g/mol. The SMILES string of the molecule is CSCCC(NC(=O)CN)C(=O)NC(Cc1ccc(O)cc1)C(=O)NC(Cc1ccccc1)C(=O)O. The van der Waals surface area contributed by atoms with E-state index in [1.165, 1.54) is 23.9 Å². The Labute approximate surface area is 214 Å². The first-order valence-electron chi connectivity index (χ1n) is 11.4. The highest BCUT2D eigenvalue weighted by atomic mass is 32.2. The lowest BCUT2D eigenvalue weighted by Gasteiger charge is -2.24. The first-order chi connectivity index (χ1) is 17.2. The summed E-state index contributed by atoms with van der Waals surface area (Å²) in [6.07, 6.45) is 2.28. The van der Waals surface area contributed by atoms with Gasteiger partial charge < -0.3 is 31.9 Å². The van der Waals surface area contributed by atoms with Crippen molar-refractivity contribution in [2.45, 2.75) is 37.4 Å². The van der Waals surface area contributed by atoms with Gasteiger partial charge in [-0.1, -0.05) is 42.5 Å². The van der Waals surface area contributed by atoms with Crippen LogP contribution >= 0.6 is 11.8 Å². The number of thioether (sulfide) groups is 1. The number of rotatable bonds is 14. The number of hydrogen-bond donors (Lipinski definition) is 6. The van der Waals surface area contributed by atoms with E-state index in [9.17, 15) is 29.4 Å². The van der Waals surface area contributed by atoms with Crippen LogP contribution in [0.2, 0.25) is 0 Å². The maximum Gasteiger partial charge on any atom is 0.326 e. The number of phenols is 1. The van der Waals surface area contributed by atoms with E-state index >= 15 is 0 Å². The summed E-state index contributed by atoms with van der Waals surface area (Å²) in [7, 11) is 0. The van der Waals surface area contributed by atoms with Crippen LogP contribution in [0.15, 0.2) is 54.6 Å². The Morgan fingerprint density at radius 2 is 1.39 bits per heavy atom. The number of carbonyl (C=O) groups is 4. The molecule has 0 heterocycles. The topological polar surface area (TPSA) is 171 Å². The molecular formula is C25H32N4O6S. The maximum absolute atomic E-state index is 13.2. The van der Waals surface area contributed by atoms with E-state index in [0.29, 0.717) is 17.7 Å². The van der Waals surface area contributed by atoms with Crippen molar-refractivity contribution in [1.29, 1.82) is 0 Å². The first kappa shape index (κ1) is 28.7. The van der Waals surface area contributed by atoms with Crippen LogP contribution in [0.5, 0.6) is 5.75 Å². The summed E-state index contributed by atoms with van der Waals surface area (Å²) in [5.41, 5.74) is 6.73. The fourth-order valence-electron chi connectivity index (χ4n) is 3.43. The van der Waals surface area contributed by atoms with Crippen molar-refractivity contribution >= 4 is 35.5 Å². The number of aliphatic carboxylic acids is 1. The van der Waals surface area contributed by atoms with Crippen molar-refractivity contribution in [2.24, 2.45) is 5.73 Å². The molecule has 2 aromatic rings. The van der Waals surface area contributed by atoms with Crippen molar-refractivity contribution in [3.05, 3.63) is 65.7 Å². The highest BCUT2D eigenvalue weighted by Gasteiger charge is 2.29. The van der Waals surface area contributed by atoms with Crippen molar-refractivity contribution in [1.82, 2.24) is 16.0 Å². The Hall–Kier alpha value is -3.57. The Bertz CT molecular complexity index is 1020. The summed E-state index contributed by atoms with van der Waals surface area (Å²) in [6.45, 7) is -0.291. The fraction of sp³-hybridized carbons (Fsp3) is 0.360. The number of amides is 3. The summed E-state index contributed by atoms with van der Waals surface area (Å²) >= 11 is 1.49. The smallest absolute Gasteiger partial charge is 0.326 e. The number of nitrogens with one attached hydrogen (secondary N) is 3. The predicted octanol–water partition coefficient (Wildman–Crippen LogP) is 0.428. The number of aromatic hydroxyl groups is 1. The van der Waals surface area contributed by atoms with Gasteiger partial charge >= 0.3 is 5.97 Å². The molecular weight excluding hydrogens is 484 g/mol. The van der Waals surface area contributed by atoms with Gasteiger partial charge in [0, 0.05) is 12.8 Å². The molecule has 194 valence electrons. The number of phenolic OH excluding ortho intramolecular Hbond substituents is 1. The lowest BCUT2D eigenvalue weighted by atomic mass is 10.0. The molecule has 0 bridgehead atoms. The van der Waals surface area contributed by atoms with Gasteiger partial charge in [-0.3, -0.25) is 14.4 Å². The quantitative estimate of drug-likeness (QED) is 0.210. The third-order valence-corrected chi connectivity index (χ3v) is 6.00. The minimum atomic E-state index is -1.22. The molecule has 3 atom stereocenters. The van der Waals surface area contributed by atoms with Gasteiger partial charge in [-0.2, -0.15) is 11.8 Å². The summed E-state index contributed by atoms with van der Waals surface area (Å²) < 4.78 is 0. The molecule has 0 fully saturated rings. The van der Waals surface area contributed by atoms with Crippen LogP contribution in [-0.4, -0.2) is 70.6 Å². The van der Waals surface area contributed by atoms with E-state index in [-0.39, 0.29) is 25.1 Å². The molecule has 0 aromatic heterocycles. The van der Waals surface area contributed by atoms with Gasteiger partial charge in [-0.05, 0) is 41.7 Å². The van der Waals surface area contributed by atoms with Gasteiger partial charge in [0.05, 0.1) is 6.54 Å². The van der Waals surface area contributed by atoms with Crippen LogP contribution in [0, 0.1) is 0 Å². The van der Waals surface area contributed by atoms with Crippen molar-refractivity contribution < 1.29 is 29.4 Å². The molecule has 7 N–H and O–H groups in total. The average Bonchev–Trinajstić information content (AvgIpc) is 2.87. The number of benzene rings is 2. The number of carboxylic acid groups (broad SMARTS) is 1. The zero-order valence-electron chi connectivity index (χ0n) is 20.0. The van der Waals surface area contributed by atoms with Crippen molar-refractivity contribution in [3.63, 3.8) is 0 Å². The number of nitrogens with two attached hydrogens (primary N) is 1. The van der Waals surface area contributed by atoms with E-state index in [0.717, 1.165) is 5.56 Å². The lowest BCUT2D eigenvalue weighted by molar-refractivity contribution is -0.142. The first-order valence-corrected chi connectivity index (χ1v) is 12.8. The second kappa shape index (κ2) is 14.7. The Morgan fingerprint density at radius 3 is 1.97 bits per heavy atom. The fourth-order valence-corrected chi connectivity index (χ4v) is 3.90. The van der Waals surface area contributed by atoms with E-state index in [4.69, 9.17) is 5.73 Å². The Kier molecular flexibility index (Phi) is 11.7. The molecule has 2 rings (SSSR count). The van der Waals surface area contributed by atoms with Crippen LogP contribution in [0.4, 0.5) is 0 Å². The molecule has 0 spiro atoms. The standard InChI is InChI=1S/C25H32N4O6S/c1-36-12-11-19(27-22(31)15-26)23(32)28-20(13-17-7-9-18(30)10-8-17)24(33)29-21(25(34)35)14-16-5-3-2-4-6-16/h2-10,19-21,30H,11-15,26H2,1H3,(H,27,31)(H,28,32)(H,29,33)(H,34,35). The summed E-state index contributed by atoms with van der Waals surface area (Å²) in [5, 5.41) is 27.0. The zero-order valence-corrected chi connectivity index (χ0v) is 20.8. The number of hydrogen-bond acceptors (Lipinski definition) is 7. The highest BCUT2D eigenvalue weighted by Crippen LogP contribution is 2.13. The second-order valence-electron chi connectivity index (χ2n) is 8.13. The zero-order chi connectivity index (χ0) is 26.5. The van der Waals surface area contributed by atoms with Crippen LogP contribution in [-0.2, 0) is 32.0 Å². The molecule has 3 unspecified atom stereocenters. The number of carboxylic acids is 1. The molecule has 10 nitrogen and oxygen atoms in total. The molecule has 0 saturated heterocycles. The van der Waals surface area contributed by atoms with E-state index < -0.39 is 41.8 Å². The van der Waals surface area contributed by atoms with Crippen molar-refractivity contribution in [2.75, 3.05) is 18.6 Å². The van der Waals surface area contributed by atoms with Gasteiger partial charge in [0.2, 0.25) is 17.7 Å². The molecule has 0 aliphatic carbocycles. The third kappa shape index (κ3) is 9.59. The molecule has 36 heavy (non-hydrogen) atoms. The van der Waals surface area contributed by atoms with Gasteiger partial charge in [-0.25, -0.2) is 4.79 Å². The van der Waals surface area contributed by atoms with Crippen molar-refractivity contribution in [3.8, 4) is 5.75 Å². The van der Waals surface area contributed by atoms with Gasteiger partial charge in [0.15, 0.2) is 0 Å². The summed E-state index contributed by atoms with van der Waals surface area (Å²) in [5.74, 6) is -2.37. The minimum Gasteiger partial charge on any atom is -0.508 e.